The first-order chi connectivity index (χ1) is 32.5. The molecule has 0 aromatic carbocycles. The van der Waals surface area contributed by atoms with Crippen LogP contribution in [-0.2, 0) is 28.6 Å². The van der Waals surface area contributed by atoms with Crippen molar-refractivity contribution in [3.8, 4) is 0 Å². The normalized spacial score (nSPS) is 12.8. The zero-order valence-corrected chi connectivity index (χ0v) is 42.9. The first-order valence-corrected chi connectivity index (χ1v) is 27.2. The van der Waals surface area contributed by atoms with Gasteiger partial charge in [0.15, 0.2) is 6.10 Å². The molecule has 0 aliphatic heterocycles. The van der Waals surface area contributed by atoms with Gasteiger partial charge in [0.05, 0.1) is 0 Å². The molecule has 0 aliphatic rings. The Morgan fingerprint density at radius 2 is 0.591 bits per heavy atom. The minimum absolute atomic E-state index is 0.0848. The van der Waals surface area contributed by atoms with E-state index in [9.17, 15) is 14.4 Å². The largest absolute Gasteiger partial charge is 0.462 e. The number of ether oxygens (including phenoxy) is 3. The molecule has 0 saturated carbocycles. The van der Waals surface area contributed by atoms with Gasteiger partial charge in [-0.25, -0.2) is 0 Å². The van der Waals surface area contributed by atoms with E-state index in [1.54, 1.807) is 0 Å². The fourth-order valence-electron chi connectivity index (χ4n) is 7.31. The Morgan fingerprint density at radius 3 is 0.924 bits per heavy atom. The molecule has 6 nitrogen and oxygen atoms in total. The van der Waals surface area contributed by atoms with Gasteiger partial charge in [-0.15, -0.1) is 0 Å². The molecule has 0 amide bonds. The second kappa shape index (κ2) is 53.9. The Bertz CT molecular complexity index is 1330. The zero-order valence-electron chi connectivity index (χ0n) is 42.9. The summed E-state index contributed by atoms with van der Waals surface area (Å²) in [5.41, 5.74) is 0. The molecule has 0 N–H and O–H groups in total. The van der Waals surface area contributed by atoms with Crippen LogP contribution in [0.25, 0.3) is 0 Å². The van der Waals surface area contributed by atoms with Crippen molar-refractivity contribution in [2.24, 2.45) is 0 Å². The molecule has 1 unspecified atom stereocenters. The van der Waals surface area contributed by atoms with Crippen LogP contribution in [0.15, 0.2) is 97.2 Å². The lowest BCUT2D eigenvalue weighted by Crippen LogP contribution is -2.30. The molecule has 0 aliphatic carbocycles. The Morgan fingerprint density at radius 1 is 0.318 bits per heavy atom. The summed E-state index contributed by atoms with van der Waals surface area (Å²) in [5.74, 6) is -0.911. The maximum absolute atomic E-state index is 12.8. The second-order valence-electron chi connectivity index (χ2n) is 17.7. The monoisotopic (exact) mass is 917 g/mol. The van der Waals surface area contributed by atoms with Gasteiger partial charge >= 0.3 is 17.9 Å². The number of carbonyl (C=O) groups excluding carboxylic acids is 3. The van der Waals surface area contributed by atoms with Gasteiger partial charge in [-0.3, -0.25) is 14.4 Å². The number of esters is 3. The van der Waals surface area contributed by atoms with Crippen molar-refractivity contribution in [3.05, 3.63) is 97.2 Å². The van der Waals surface area contributed by atoms with Crippen LogP contribution in [-0.4, -0.2) is 37.2 Å². The number of allylic oxidation sites excluding steroid dienone is 16. The van der Waals surface area contributed by atoms with Crippen molar-refractivity contribution in [3.63, 3.8) is 0 Å². The number of unbranched alkanes of at least 4 members (excludes halogenated alkanes) is 21. The van der Waals surface area contributed by atoms with E-state index >= 15 is 0 Å². The molecule has 0 saturated heterocycles. The van der Waals surface area contributed by atoms with Crippen LogP contribution in [0.1, 0.15) is 245 Å². The van der Waals surface area contributed by atoms with E-state index in [2.05, 4.69) is 118 Å². The maximum atomic E-state index is 12.8. The average molecular weight is 917 g/mol. The van der Waals surface area contributed by atoms with E-state index in [4.69, 9.17) is 14.2 Å². The number of hydrogen-bond donors (Lipinski definition) is 0. The molecule has 0 radical (unpaired) electrons. The van der Waals surface area contributed by atoms with Gasteiger partial charge in [0.25, 0.3) is 0 Å². The number of hydrogen-bond acceptors (Lipinski definition) is 6. The summed E-state index contributed by atoms with van der Waals surface area (Å²) in [7, 11) is 0. The van der Waals surface area contributed by atoms with Gasteiger partial charge < -0.3 is 14.2 Å². The molecule has 0 rings (SSSR count). The van der Waals surface area contributed by atoms with E-state index in [1.807, 2.05) is 0 Å². The van der Waals surface area contributed by atoms with Crippen LogP contribution < -0.4 is 0 Å². The first kappa shape index (κ1) is 62.3. The van der Waals surface area contributed by atoms with E-state index in [0.29, 0.717) is 19.3 Å². The van der Waals surface area contributed by atoms with Crippen LogP contribution in [0.5, 0.6) is 0 Å². The quantitative estimate of drug-likeness (QED) is 0.0262. The van der Waals surface area contributed by atoms with Crippen LogP contribution in [0, 0.1) is 0 Å². The topological polar surface area (TPSA) is 78.9 Å². The lowest BCUT2D eigenvalue weighted by Gasteiger charge is -2.18. The predicted octanol–water partition coefficient (Wildman–Crippen LogP) is 18.1. The SMILES string of the molecule is CC/C=C\C/C=C\C/C=C\C/C=C\C/C=C\CCCCCCCCCC(=O)OCC(COC(=O)CCCCCCCCCC)OC(=O)CCCCCCCCC/C=C\C/C=C\C/C=C\CC. The smallest absolute Gasteiger partial charge is 0.306 e. The Balaban J connectivity index is 4.30. The fraction of sp³-hybridized carbons (Fsp3) is 0.683. The highest BCUT2D eigenvalue weighted by Crippen LogP contribution is 2.14. The zero-order chi connectivity index (χ0) is 47.9. The molecule has 376 valence electrons. The molecular formula is C60H100O6. The highest BCUT2D eigenvalue weighted by molar-refractivity contribution is 5.71. The Labute approximate surface area is 407 Å². The molecule has 66 heavy (non-hydrogen) atoms. The molecule has 0 heterocycles. The van der Waals surface area contributed by atoms with E-state index in [-0.39, 0.29) is 31.1 Å². The highest BCUT2D eigenvalue weighted by atomic mass is 16.6. The van der Waals surface area contributed by atoms with Crippen molar-refractivity contribution in [1.82, 2.24) is 0 Å². The van der Waals surface area contributed by atoms with Crippen LogP contribution in [0.2, 0.25) is 0 Å². The van der Waals surface area contributed by atoms with E-state index in [1.165, 1.54) is 83.5 Å². The summed E-state index contributed by atoms with van der Waals surface area (Å²) < 4.78 is 16.8. The van der Waals surface area contributed by atoms with Gasteiger partial charge in [-0.05, 0) is 96.3 Å². The predicted molar refractivity (Wildman–Crippen MR) is 284 cm³/mol. The minimum Gasteiger partial charge on any atom is -0.462 e. The lowest BCUT2D eigenvalue weighted by molar-refractivity contribution is -0.167. The molecule has 6 heteroatoms. The van der Waals surface area contributed by atoms with Crippen molar-refractivity contribution in [2.45, 2.75) is 252 Å². The molecule has 0 spiro atoms. The summed E-state index contributed by atoms with van der Waals surface area (Å²) in [6.07, 6.45) is 71.2. The minimum atomic E-state index is -0.786. The fourth-order valence-corrected chi connectivity index (χ4v) is 7.31. The second-order valence-corrected chi connectivity index (χ2v) is 17.7. The summed E-state index contributed by atoms with van der Waals surface area (Å²) in [6.45, 7) is 6.37. The Hall–Kier alpha value is -3.67. The van der Waals surface area contributed by atoms with Crippen LogP contribution in [0.4, 0.5) is 0 Å². The summed E-state index contributed by atoms with van der Waals surface area (Å²) >= 11 is 0. The number of carbonyl (C=O) groups is 3. The van der Waals surface area contributed by atoms with E-state index < -0.39 is 6.10 Å². The van der Waals surface area contributed by atoms with Gasteiger partial charge in [0.2, 0.25) is 0 Å². The van der Waals surface area contributed by atoms with Crippen molar-refractivity contribution >= 4 is 17.9 Å². The lowest BCUT2D eigenvalue weighted by atomic mass is 10.1. The molecule has 0 fully saturated rings. The van der Waals surface area contributed by atoms with Crippen molar-refractivity contribution < 1.29 is 28.6 Å². The third-order valence-corrected chi connectivity index (χ3v) is 11.3. The molecular weight excluding hydrogens is 817 g/mol. The summed E-state index contributed by atoms with van der Waals surface area (Å²) in [6, 6.07) is 0. The van der Waals surface area contributed by atoms with Gasteiger partial charge in [-0.2, -0.15) is 0 Å². The Kier molecular flexibility index (Phi) is 50.9. The molecule has 0 aromatic rings. The standard InChI is InChI=1S/C60H100O6/c1-4-7-10-13-16-19-21-23-25-27-28-29-30-31-32-34-35-37-39-41-44-47-50-53-59(62)65-56-57(55-64-58(61)52-49-46-43-18-15-12-9-6-3)66-60(63)54-51-48-45-42-40-38-36-33-26-24-22-20-17-14-11-8-5-2/h7-8,10-11,16-17,19-20,23-26,28-29,31-32,57H,4-6,9,12-15,18,21-22,27,30,33-56H2,1-3H3/b10-7-,11-8-,19-16-,20-17-,25-23-,26-24-,29-28-,32-31-. The van der Waals surface area contributed by atoms with E-state index in [0.717, 1.165) is 122 Å². The third-order valence-electron chi connectivity index (χ3n) is 11.3. The first-order valence-electron chi connectivity index (χ1n) is 27.2. The molecule has 1 atom stereocenters. The maximum Gasteiger partial charge on any atom is 0.306 e. The third kappa shape index (κ3) is 51.3. The average Bonchev–Trinajstić information content (AvgIpc) is 3.31. The summed E-state index contributed by atoms with van der Waals surface area (Å²) in [5, 5.41) is 0. The van der Waals surface area contributed by atoms with Crippen molar-refractivity contribution in [1.29, 1.82) is 0 Å². The van der Waals surface area contributed by atoms with Gasteiger partial charge in [-0.1, -0.05) is 227 Å². The summed E-state index contributed by atoms with van der Waals surface area (Å²) in [4.78, 5) is 37.9. The van der Waals surface area contributed by atoms with Crippen LogP contribution in [0.3, 0.4) is 0 Å². The van der Waals surface area contributed by atoms with Crippen LogP contribution >= 0.6 is 0 Å². The molecule has 0 aromatic heterocycles. The highest BCUT2D eigenvalue weighted by Gasteiger charge is 2.19. The van der Waals surface area contributed by atoms with Crippen molar-refractivity contribution in [2.75, 3.05) is 13.2 Å². The van der Waals surface area contributed by atoms with Gasteiger partial charge in [0, 0.05) is 19.3 Å². The number of rotatable bonds is 48. The van der Waals surface area contributed by atoms with Gasteiger partial charge in [0.1, 0.15) is 13.2 Å². The molecule has 0 bridgehead atoms.